The Labute approximate surface area is 202 Å². The van der Waals surface area contributed by atoms with Crippen LogP contribution < -0.4 is 4.72 Å². The number of aromatic nitrogens is 2. The Morgan fingerprint density at radius 3 is 2.46 bits per heavy atom. The highest BCUT2D eigenvalue weighted by Gasteiger charge is 2.60. The van der Waals surface area contributed by atoms with Crippen molar-refractivity contribution in [3.63, 3.8) is 0 Å². The Kier molecular flexibility index (Phi) is 5.14. The normalized spacial score (nSPS) is 27.7. The maximum absolute atomic E-state index is 13.1. The first kappa shape index (κ1) is 22.8. The highest BCUT2D eigenvalue weighted by Crippen LogP contribution is 2.50. The molecule has 1 saturated carbocycles. The standard InChI is InChI=1S/C25H25F3N4O2S/c26-25(27,28)15-32-14-24(30-35(32,33)34)20-7-8-21(24)11-19-12-22(9-6-18(19)10-20)31-13-23(29-16-31)17-4-2-1-3-5-17/h1-6,9,12-13,16,20-21,30H,7-8,10-11,14-15H2. The van der Waals surface area contributed by atoms with Crippen molar-refractivity contribution >= 4 is 10.2 Å². The van der Waals surface area contributed by atoms with Crippen molar-refractivity contribution in [1.29, 1.82) is 0 Å². The molecule has 35 heavy (non-hydrogen) atoms. The van der Waals surface area contributed by atoms with Gasteiger partial charge in [0.1, 0.15) is 6.54 Å². The zero-order chi connectivity index (χ0) is 24.4. The Bertz CT molecular complexity index is 1370. The van der Waals surface area contributed by atoms with Gasteiger partial charge in [0.05, 0.1) is 17.6 Å². The Balaban J connectivity index is 1.30. The Morgan fingerprint density at radius 1 is 1.03 bits per heavy atom. The van der Waals surface area contributed by atoms with Crippen LogP contribution in [0.2, 0.25) is 0 Å². The van der Waals surface area contributed by atoms with Crippen LogP contribution in [0.15, 0.2) is 61.1 Å². The molecule has 3 atom stereocenters. The summed E-state index contributed by atoms with van der Waals surface area (Å²) in [6, 6.07) is 16.1. The molecule has 2 bridgehead atoms. The van der Waals surface area contributed by atoms with Gasteiger partial charge in [0.15, 0.2) is 0 Å². The third kappa shape index (κ3) is 3.97. The molecule has 1 N–H and O–H groups in total. The molecule has 1 saturated heterocycles. The van der Waals surface area contributed by atoms with Crippen LogP contribution in [-0.4, -0.2) is 47.1 Å². The third-order valence-electron chi connectivity index (χ3n) is 7.85. The van der Waals surface area contributed by atoms with Crippen molar-refractivity contribution in [3.05, 3.63) is 72.2 Å². The second-order valence-electron chi connectivity index (χ2n) is 9.90. The highest BCUT2D eigenvalue weighted by atomic mass is 32.2. The molecule has 2 aromatic carbocycles. The van der Waals surface area contributed by atoms with Gasteiger partial charge < -0.3 is 4.57 Å². The third-order valence-corrected chi connectivity index (χ3v) is 9.42. The molecular formula is C25H25F3N4O2S. The molecule has 2 fully saturated rings. The van der Waals surface area contributed by atoms with Gasteiger partial charge in [-0.25, -0.2) is 4.98 Å². The van der Waals surface area contributed by atoms with E-state index in [2.05, 4.69) is 21.8 Å². The molecule has 3 aromatic rings. The summed E-state index contributed by atoms with van der Waals surface area (Å²) in [5.74, 6) is -0.0924. The maximum atomic E-state index is 13.1. The van der Waals surface area contributed by atoms with E-state index in [4.69, 9.17) is 0 Å². The number of hydrogen-bond donors (Lipinski definition) is 1. The summed E-state index contributed by atoms with van der Waals surface area (Å²) in [5, 5.41) is 0. The fourth-order valence-corrected chi connectivity index (χ4v) is 7.92. The quantitative estimate of drug-likeness (QED) is 0.586. The summed E-state index contributed by atoms with van der Waals surface area (Å²) < 4.78 is 69.9. The topological polar surface area (TPSA) is 67.2 Å². The highest BCUT2D eigenvalue weighted by molar-refractivity contribution is 7.87. The van der Waals surface area contributed by atoms with Crippen molar-refractivity contribution in [2.75, 3.05) is 13.1 Å². The van der Waals surface area contributed by atoms with Crippen LogP contribution in [0, 0.1) is 11.8 Å². The van der Waals surface area contributed by atoms with Crippen LogP contribution in [-0.2, 0) is 23.1 Å². The molecule has 184 valence electrons. The SMILES string of the molecule is O=S1(=O)NC2(CN1CC(F)(F)F)C1CCC2Cc2cc(-n3cnc(-c4ccccc4)c3)ccc2C1. The van der Waals surface area contributed by atoms with Crippen molar-refractivity contribution in [1.82, 2.24) is 18.6 Å². The molecule has 3 unspecified atom stereocenters. The molecule has 0 amide bonds. The predicted molar refractivity (Wildman–Crippen MR) is 125 cm³/mol. The first-order valence-corrected chi connectivity index (χ1v) is 13.1. The molecule has 3 aliphatic rings. The van der Waals surface area contributed by atoms with Crippen LogP contribution in [0.1, 0.15) is 24.0 Å². The zero-order valence-electron chi connectivity index (χ0n) is 18.9. The molecule has 6 nitrogen and oxygen atoms in total. The number of fused-ring (bicyclic) bond motifs is 1. The van der Waals surface area contributed by atoms with Gasteiger partial charge in [-0.1, -0.05) is 36.4 Å². The van der Waals surface area contributed by atoms with Crippen LogP contribution >= 0.6 is 0 Å². The molecule has 1 aliphatic heterocycles. The van der Waals surface area contributed by atoms with E-state index in [1.54, 1.807) is 6.33 Å². The Hall–Kier alpha value is -2.69. The molecule has 10 heteroatoms. The fraction of sp³-hybridized carbons (Fsp3) is 0.400. The number of benzene rings is 2. The molecular weight excluding hydrogens is 477 g/mol. The minimum atomic E-state index is -4.58. The van der Waals surface area contributed by atoms with E-state index in [-0.39, 0.29) is 18.4 Å². The monoisotopic (exact) mass is 502 g/mol. The summed E-state index contributed by atoms with van der Waals surface area (Å²) in [6.07, 6.45) is 2.04. The largest absolute Gasteiger partial charge is 0.402 e. The first-order chi connectivity index (χ1) is 16.6. The number of rotatable bonds is 3. The van der Waals surface area contributed by atoms with E-state index in [9.17, 15) is 21.6 Å². The Morgan fingerprint density at radius 2 is 1.74 bits per heavy atom. The molecule has 2 heterocycles. The smallest absolute Gasteiger partial charge is 0.306 e. The zero-order valence-corrected chi connectivity index (χ0v) is 19.7. The van der Waals surface area contributed by atoms with E-state index in [1.165, 1.54) is 0 Å². The van der Waals surface area contributed by atoms with Gasteiger partial charge in [-0.2, -0.15) is 30.6 Å². The van der Waals surface area contributed by atoms with Gasteiger partial charge in [-0.3, -0.25) is 0 Å². The lowest BCUT2D eigenvalue weighted by atomic mass is 9.79. The number of alkyl halides is 3. The number of imidazole rings is 1. The van der Waals surface area contributed by atoms with Crippen molar-refractivity contribution in [2.45, 2.75) is 37.4 Å². The fourth-order valence-electron chi connectivity index (χ4n) is 6.21. The average molecular weight is 503 g/mol. The number of nitrogens with one attached hydrogen (secondary N) is 1. The van der Waals surface area contributed by atoms with Crippen LogP contribution in [0.4, 0.5) is 13.2 Å². The van der Waals surface area contributed by atoms with Crippen LogP contribution in [0.3, 0.4) is 0 Å². The van der Waals surface area contributed by atoms with Gasteiger partial charge in [0.2, 0.25) is 0 Å². The molecule has 2 aliphatic carbocycles. The van der Waals surface area contributed by atoms with Crippen LogP contribution in [0.25, 0.3) is 16.9 Å². The summed E-state index contributed by atoms with van der Waals surface area (Å²) in [5.41, 5.74) is 4.24. The summed E-state index contributed by atoms with van der Waals surface area (Å²) in [4.78, 5) is 4.53. The minimum absolute atomic E-state index is 0.0365. The van der Waals surface area contributed by atoms with E-state index in [0.29, 0.717) is 17.1 Å². The maximum Gasteiger partial charge on any atom is 0.402 e. The molecule has 0 radical (unpaired) electrons. The molecule has 6 rings (SSSR count). The average Bonchev–Trinajstić information content (AvgIpc) is 3.43. The van der Waals surface area contributed by atoms with E-state index in [1.807, 2.05) is 47.2 Å². The van der Waals surface area contributed by atoms with E-state index < -0.39 is 28.5 Å². The number of nitrogens with zero attached hydrogens (tertiary/aromatic N) is 3. The summed E-state index contributed by atoms with van der Waals surface area (Å²) in [7, 11) is -4.18. The number of halogens is 3. The first-order valence-electron chi connectivity index (χ1n) is 11.7. The van der Waals surface area contributed by atoms with E-state index >= 15 is 0 Å². The predicted octanol–water partition coefficient (Wildman–Crippen LogP) is 4.12. The summed E-state index contributed by atoms with van der Waals surface area (Å²) in [6.45, 7) is -1.59. The van der Waals surface area contributed by atoms with Gasteiger partial charge in [-0.05, 0) is 60.8 Å². The van der Waals surface area contributed by atoms with Gasteiger partial charge in [-0.15, -0.1) is 0 Å². The second-order valence-corrected chi connectivity index (χ2v) is 11.6. The lowest BCUT2D eigenvalue weighted by Crippen LogP contribution is -2.52. The van der Waals surface area contributed by atoms with Crippen molar-refractivity contribution in [3.8, 4) is 16.9 Å². The molecule has 1 aromatic heterocycles. The summed E-state index contributed by atoms with van der Waals surface area (Å²) >= 11 is 0. The van der Waals surface area contributed by atoms with Crippen molar-refractivity contribution < 1.29 is 21.6 Å². The minimum Gasteiger partial charge on any atom is -0.306 e. The lowest BCUT2D eigenvalue weighted by molar-refractivity contribution is -0.136. The van der Waals surface area contributed by atoms with Gasteiger partial charge >= 0.3 is 6.18 Å². The van der Waals surface area contributed by atoms with Gasteiger partial charge in [0, 0.05) is 24.0 Å². The van der Waals surface area contributed by atoms with E-state index in [0.717, 1.165) is 40.9 Å². The number of hydrogen-bond acceptors (Lipinski definition) is 3. The lowest BCUT2D eigenvalue weighted by Gasteiger charge is -2.33. The van der Waals surface area contributed by atoms with Gasteiger partial charge in [0.25, 0.3) is 10.2 Å². The van der Waals surface area contributed by atoms with Crippen LogP contribution in [0.5, 0.6) is 0 Å². The molecule has 1 spiro atoms. The second kappa shape index (κ2) is 7.91. The van der Waals surface area contributed by atoms with Crippen molar-refractivity contribution in [2.24, 2.45) is 11.8 Å².